The molecule has 1 aliphatic heterocycles. The van der Waals surface area contributed by atoms with Crippen LogP contribution in [0.3, 0.4) is 0 Å². The molecule has 0 amide bonds. The van der Waals surface area contributed by atoms with Crippen LogP contribution in [0.25, 0.3) is 16.9 Å². The molecule has 0 bridgehead atoms. The monoisotopic (exact) mass is 1050 g/mol. The minimum absolute atomic E-state index is 0. The van der Waals surface area contributed by atoms with E-state index in [2.05, 4.69) is 112 Å². The number of unbranched alkanes of at least 4 members (excludes halogenated alkanes) is 36. The second-order valence-corrected chi connectivity index (χ2v) is 22.2. The van der Waals surface area contributed by atoms with Crippen LogP contribution in [0.5, 0.6) is 0 Å². The van der Waals surface area contributed by atoms with Crippen molar-refractivity contribution in [3.63, 3.8) is 0 Å². The third-order valence-corrected chi connectivity index (χ3v) is 15.6. The van der Waals surface area contributed by atoms with Crippen LogP contribution in [-0.4, -0.2) is 4.70 Å². The minimum atomic E-state index is 0. The van der Waals surface area contributed by atoms with Gasteiger partial charge >= 0.3 is 0 Å². The van der Waals surface area contributed by atoms with E-state index in [1.54, 1.807) is 4.70 Å². The third-order valence-electron chi connectivity index (χ3n) is 15.6. The first-order chi connectivity index (χ1) is 36.2. The van der Waals surface area contributed by atoms with Gasteiger partial charge in [0.1, 0.15) is 5.57 Å². The molecule has 418 valence electrons. The number of nitrogens with zero attached hydrogens (tertiary/aromatic N) is 2. The molecule has 0 aliphatic carbocycles. The van der Waals surface area contributed by atoms with Crippen molar-refractivity contribution in [3.8, 4) is 11.8 Å². The summed E-state index contributed by atoms with van der Waals surface area (Å²) < 4.78 is 1.59. The molecule has 3 heteroatoms. The Bertz CT molecular complexity index is 1870. The van der Waals surface area contributed by atoms with Gasteiger partial charge in [0.25, 0.3) is 0 Å². The number of hydrogen-bond donors (Lipinski definition) is 0. The van der Waals surface area contributed by atoms with Gasteiger partial charge in [0, 0.05) is 34.0 Å². The Hall–Kier alpha value is -2.95. The van der Waals surface area contributed by atoms with E-state index in [1.807, 2.05) is 0 Å². The molecule has 0 saturated carbocycles. The van der Waals surface area contributed by atoms with E-state index in [4.69, 9.17) is 0 Å². The van der Waals surface area contributed by atoms with Gasteiger partial charge in [-0.05, 0) is 93.9 Å². The standard InChI is InChI=1S/C71H114N2.Ni/c1-5-9-13-17-21-24-25-26-27-28-29-30-31-32-33-34-35-36-37-40-43-47-51-63-69-68(62-50-46-20-16-12-8-4)70(66-60-54-52-58-64(66)56-48-44-41-38-22-18-14-10-6-2)73(72)71(69)67-61-55-53-59-65(67)57-49-45-42-39-23-19-15-11-7-3;/h41-42,44-45,52-55,58-61H,5-40,43,46-50,56-57,62H2,1-4H3;. The average Bonchev–Trinajstić information content (AvgIpc) is 3.68. The molecule has 2 nitrogen and oxygen atoms in total. The van der Waals surface area contributed by atoms with Gasteiger partial charge in [0.05, 0.1) is 5.56 Å². The van der Waals surface area contributed by atoms with Crippen LogP contribution in [-0.2, 0) is 29.3 Å². The summed E-state index contributed by atoms with van der Waals surface area (Å²) >= 11 is 0. The van der Waals surface area contributed by atoms with E-state index in [0.29, 0.717) is 0 Å². The van der Waals surface area contributed by atoms with Crippen molar-refractivity contribution in [2.45, 2.75) is 317 Å². The summed E-state index contributed by atoms with van der Waals surface area (Å²) in [5.74, 6) is 7.53. The molecule has 1 heterocycles. The van der Waals surface area contributed by atoms with Crippen LogP contribution in [0.1, 0.15) is 326 Å². The van der Waals surface area contributed by atoms with E-state index >= 15 is 0 Å². The SMILES string of the molecule is CCCCCCCC=CCCc1ccccc1C1=C(C#CCCCCCCCCCCCCCCCCCCCCCCC)C(CCCCCCCC)=C(c2ccccc2CCC=CCCCCCCC)[N+]1=[N-].[Ni]. The summed E-state index contributed by atoms with van der Waals surface area (Å²) in [5.41, 5.74) is 21.8. The largest absolute Gasteiger partial charge is 0.493 e. The van der Waals surface area contributed by atoms with E-state index in [0.717, 1.165) is 79.5 Å². The van der Waals surface area contributed by atoms with Gasteiger partial charge in [-0.15, -0.1) is 0 Å². The molecule has 0 aromatic heterocycles. The second-order valence-electron chi connectivity index (χ2n) is 22.2. The molecule has 74 heavy (non-hydrogen) atoms. The fraction of sp³-hybridized carbons (Fsp3) is 0.690. The zero-order valence-corrected chi connectivity index (χ0v) is 49.9. The minimum Gasteiger partial charge on any atom is -0.493 e. The van der Waals surface area contributed by atoms with Crippen molar-refractivity contribution in [2.75, 3.05) is 0 Å². The summed E-state index contributed by atoms with van der Waals surface area (Å²) in [6, 6.07) is 17.8. The zero-order valence-electron chi connectivity index (χ0n) is 49.0. The fourth-order valence-electron chi connectivity index (χ4n) is 11.0. The fourth-order valence-corrected chi connectivity index (χ4v) is 11.0. The molecule has 3 rings (SSSR count). The van der Waals surface area contributed by atoms with Gasteiger partial charge in [-0.25, -0.2) is 4.70 Å². The summed E-state index contributed by atoms with van der Waals surface area (Å²) in [5, 5.41) is 0. The van der Waals surface area contributed by atoms with Crippen molar-refractivity contribution in [3.05, 3.63) is 112 Å². The molecule has 0 radical (unpaired) electrons. The molecular weight excluding hydrogens is 939 g/mol. The van der Waals surface area contributed by atoms with Crippen LogP contribution in [0.4, 0.5) is 0 Å². The predicted octanol–water partition coefficient (Wildman–Crippen LogP) is 23.9. The van der Waals surface area contributed by atoms with Crippen molar-refractivity contribution < 1.29 is 21.2 Å². The Kier molecular flexibility index (Phi) is 44.0. The molecule has 0 fully saturated rings. The maximum atomic E-state index is 12.8. The molecule has 0 spiro atoms. The van der Waals surface area contributed by atoms with Crippen LogP contribution < -0.4 is 0 Å². The molecular formula is C71H114N2Ni. The molecule has 0 N–H and O–H groups in total. The Balaban J connectivity index is 0.0000187. The van der Waals surface area contributed by atoms with Crippen LogP contribution >= 0.6 is 0 Å². The quantitative estimate of drug-likeness (QED) is 0.0208. The Morgan fingerprint density at radius 2 is 0.689 bits per heavy atom. The molecule has 2 aromatic carbocycles. The summed E-state index contributed by atoms with van der Waals surface area (Å²) in [4.78, 5) is 0. The first-order valence-electron chi connectivity index (χ1n) is 32.1. The number of rotatable bonds is 48. The van der Waals surface area contributed by atoms with Gasteiger partial charge in [-0.2, -0.15) is 0 Å². The van der Waals surface area contributed by atoms with E-state index in [9.17, 15) is 5.53 Å². The topological polar surface area (TPSA) is 25.3 Å². The Morgan fingerprint density at radius 3 is 1.09 bits per heavy atom. The maximum absolute atomic E-state index is 12.8. The third kappa shape index (κ3) is 30.7. The van der Waals surface area contributed by atoms with Gasteiger partial charge in [0.15, 0.2) is 0 Å². The summed E-state index contributed by atoms with van der Waals surface area (Å²) in [6.07, 6.45) is 67.9. The number of hydrogen-bond acceptors (Lipinski definition) is 0. The van der Waals surface area contributed by atoms with Gasteiger partial charge in [0.2, 0.25) is 11.4 Å². The van der Waals surface area contributed by atoms with E-state index < -0.39 is 0 Å². The number of aryl methyl sites for hydroxylation is 2. The Morgan fingerprint density at radius 1 is 0.365 bits per heavy atom. The van der Waals surface area contributed by atoms with E-state index in [1.165, 1.54) is 254 Å². The number of benzene rings is 2. The normalized spacial score (nSPS) is 12.7. The molecule has 0 atom stereocenters. The average molecular weight is 1050 g/mol. The van der Waals surface area contributed by atoms with Crippen molar-refractivity contribution in [2.24, 2.45) is 0 Å². The van der Waals surface area contributed by atoms with Crippen molar-refractivity contribution >= 4 is 11.4 Å². The number of allylic oxidation sites excluding steroid dienone is 6. The van der Waals surface area contributed by atoms with E-state index in [-0.39, 0.29) is 16.5 Å². The van der Waals surface area contributed by atoms with Crippen LogP contribution in [0, 0.1) is 11.8 Å². The Labute approximate surface area is 470 Å². The van der Waals surface area contributed by atoms with Crippen LogP contribution in [0.2, 0.25) is 0 Å². The van der Waals surface area contributed by atoms with Crippen molar-refractivity contribution in [1.82, 2.24) is 0 Å². The summed E-state index contributed by atoms with van der Waals surface area (Å²) in [7, 11) is 0. The maximum Gasteiger partial charge on any atom is 0.223 e. The van der Waals surface area contributed by atoms with Gasteiger partial charge in [-0.1, -0.05) is 312 Å². The van der Waals surface area contributed by atoms with Gasteiger partial charge in [-0.3, -0.25) is 0 Å². The van der Waals surface area contributed by atoms with Crippen LogP contribution in [0.15, 0.2) is 84.0 Å². The second kappa shape index (κ2) is 48.4. The molecule has 1 aliphatic rings. The first-order valence-corrected chi connectivity index (χ1v) is 32.1. The van der Waals surface area contributed by atoms with Crippen molar-refractivity contribution in [1.29, 1.82) is 0 Å². The zero-order chi connectivity index (χ0) is 51.9. The predicted molar refractivity (Wildman–Crippen MR) is 325 cm³/mol. The molecule has 0 unspecified atom stereocenters. The molecule has 2 aromatic rings. The summed E-state index contributed by atoms with van der Waals surface area (Å²) in [6.45, 7) is 9.19. The molecule has 0 saturated heterocycles. The smallest absolute Gasteiger partial charge is 0.223 e. The van der Waals surface area contributed by atoms with Gasteiger partial charge < -0.3 is 5.53 Å². The first kappa shape index (κ1) is 67.2.